The Kier molecular flexibility index (Phi) is 24.3. The first-order valence-corrected chi connectivity index (χ1v) is 25.9. The lowest BCUT2D eigenvalue weighted by Crippen LogP contribution is -2.45. The van der Waals surface area contributed by atoms with Gasteiger partial charge in [-0.1, -0.05) is 180 Å². The second kappa shape index (κ2) is 29.0. The molecule has 4 atom stereocenters. The number of aryl methyl sites for hydroxylation is 2. The first-order valence-electron chi connectivity index (χ1n) is 25.9. The number of rotatable bonds is 31. The molecule has 0 N–H and O–H groups in total. The number of carbonyl (C=O) groups excluding carboxylic acids is 2. The summed E-state index contributed by atoms with van der Waals surface area (Å²) in [4.78, 5) is 27.3. The van der Waals surface area contributed by atoms with Crippen LogP contribution in [0.15, 0.2) is 48.5 Å². The van der Waals surface area contributed by atoms with Crippen molar-refractivity contribution in [3.8, 4) is 0 Å². The highest BCUT2D eigenvalue weighted by Gasteiger charge is 2.39. The average molecular weight is 859 g/mol. The van der Waals surface area contributed by atoms with E-state index in [-0.39, 0.29) is 26.4 Å². The van der Waals surface area contributed by atoms with Crippen molar-refractivity contribution in [1.82, 2.24) is 0 Å². The Morgan fingerprint density at radius 1 is 0.484 bits per heavy atom. The molecule has 6 nitrogen and oxygen atoms in total. The summed E-state index contributed by atoms with van der Waals surface area (Å²) < 4.78 is 24.0. The molecule has 0 saturated heterocycles. The minimum Gasteiger partial charge on any atom is -0.464 e. The SMILES string of the molecule is CCCCOC(=O)[C@H](OCc1ccc(CCCCC2(C(C)CCC)CCCCC2)cc1)[C@@H](OCc1ccc(CCCCC2(C(C)CCC)CCCCC2)cc1)C(=O)OCCCC. The summed E-state index contributed by atoms with van der Waals surface area (Å²) in [6.45, 7) is 14.6. The van der Waals surface area contributed by atoms with Crippen molar-refractivity contribution in [3.63, 3.8) is 0 Å². The van der Waals surface area contributed by atoms with Gasteiger partial charge in [0.2, 0.25) is 0 Å². The molecule has 2 unspecified atom stereocenters. The minimum atomic E-state index is -1.25. The molecule has 62 heavy (non-hydrogen) atoms. The normalized spacial score (nSPS) is 18.1. The predicted octanol–water partition coefficient (Wildman–Crippen LogP) is 15.0. The third-order valence-electron chi connectivity index (χ3n) is 15.1. The molecule has 2 aliphatic rings. The van der Waals surface area contributed by atoms with Crippen LogP contribution < -0.4 is 0 Å². The number of esters is 2. The zero-order valence-electron chi connectivity index (χ0n) is 40.6. The molecule has 2 saturated carbocycles. The number of unbranched alkanes of at least 4 members (excludes halogenated alkanes) is 4. The second-order valence-electron chi connectivity index (χ2n) is 19.8. The summed E-state index contributed by atoms with van der Waals surface area (Å²) in [6, 6.07) is 17.1. The van der Waals surface area contributed by atoms with Crippen molar-refractivity contribution in [1.29, 1.82) is 0 Å². The third-order valence-corrected chi connectivity index (χ3v) is 15.1. The van der Waals surface area contributed by atoms with Gasteiger partial charge in [-0.2, -0.15) is 0 Å². The topological polar surface area (TPSA) is 71.1 Å². The van der Waals surface area contributed by atoms with Crippen LogP contribution in [0.4, 0.5) is 0 Å². The highest BCUT2D eigenvalue weighted by atomic mass is 16.6. The summed E-state index contributed by atoms with van der Waals surface area (Å²) in [5.74, 6) is 0.451. The van der Waals surface area contributed by atoms with E-state index in [0.717, 1.165) is 61.5 Å². The first-order chi connectivity index (χ1) is 30.2. The Balaban J connectivity index is 1.35. The molecular weight excluding hydrogens is 769 g/mol. The lowest BCUT2D eigenvalue weighted by atomic mass is 9.63. The maximum atomic E-state index is 13.7. The fourth-order valence-electron chi connectivity index (χ4n) is 10.9. The van der Waals surface area contributed by atoms with Gasteiger partial charge in [-0.3, -0.25) is 0 Å². The van der Waals surface area contributed by atoms with E-state index in [9.17, 15) is 9.59 Å². The number of benzene rings is 2. The summed E-state index contributed by atoms with van der Waals surface area (Å²) in [6.07, 6.45) is 29.8. The highest BCUT2D eigenvalue weighted by Crippen LogP contribution is 2.49. The van der Waals surface area contributed by atoms with Crippen LogP contribution in [0, 0.1) is 22.7 Å². The van der Waals surface area contributed by atoms with Gasteiger partial charge in [0.05, 0.1) is 26.4 Å². The quantitative estimate of drug-likeness (QED) is 0.0556. The lowest BCUT2D eigenvalue weighted by Gasteiger charge is -2.43. The highest BCUT2D eigenvalue weighted by molar-refractivity contribution is 5.85. The van der Waals surface area contributed by atoms with Gasteiger partial charge in [-0.25, -0.2) is 9.59 Å². The van der Waals surface area contributed by atoms with Gasteiger partial charge in [-0.15, -0.1) is 0 Å². The molecule has 6 heteroatoms. The van der Waals surface area contributed by atoms with Crippen molar-refractivity contribution >= 4 is 11.9 Å². The van der Waals surface area contributed by atoms with Crippen molar-refractivity contribution in [2.75, 3.05) is 13.2 Å². The van der Waals surface area contributed by atoms with Crippen molar-refractivity contribution in [2.24, 2.45) is 22.7 Å². The van der Waals surface area contributed by atoms with Crippen molar-refractivity contribution < 1.29 is 28.5 Å². The van der Waals surface area contributed by atoms with E-state index in [1.165, 1.54) is 140 Å². The molecule has 2 aromatic rings. The molecule has 0 aliphatic heterocycles. The predicted molar refractivity (Wildman–Crippen MR) is 256 cm³/mol. The number of ether oxygens (including phenoxy) is 4. The monoisotopic (exact) mass is 859 g/mol. The summed E-state index contributed by atoms with van der Waals surface area (Å²) >= 11 is 0. The Morgan fingerprint density at radius 2 is 0.839 bits per heavy atom. The van der Waals surface area contributed by atoms with Gasteiger partial charge in [0.1, 0.15) is 0 Å². The smallest absolute Gasteiger partial charge is 0.338 e. The van der Waals surface area contributed by atoms with Crippen LogP contribution >= 0.6 is 0 Å². The second-order valence-corrected chi connectivity index (χ2v) is 19.8. The van der Waals surface area contributed by atoms with Gasteiger partial charge in [0, 0.05) is 0 Å². The summed E-state index contributed by atoms with van der Waals surface area (Å²) in [5, 5.41) is 0. The molecule has 4 rings (SSSR count). The van der Waals surface area contributed by atoms with Gasteiger partial charge in [0.25, 0.3) is 0 Å². The van der Waals surface area contributed by atoms with Crippen LogP contribution in [0.2, 0.25) is 0 Å². The largest absolute Gasteiger partial charge is 0.464 e. The zero-order chi connectivity index (χ0) is 44.5. The first kappa shape index (κ1) is 51.9. The Morgan fingerprint density at radius 3 is 1.18 bits per heavy atom. The number of hydrogen-bond acceptors (Lipinski definition) is 6. The zero-order valence-corrected chi connectivity index (χ0v) is 40.6. The van der Waals surface area contributed by atoms with Crippen molar-refractivity contribution in [3.05, 3.63) is 70.8 Å². The molecule has 0 bridgehead atoms. The molecular formula is C56H90O6. The van der Waals surface area contributed by atoms with Gasteiger partial charge < -0.3 is 18.9 Å². The van der Waals surface area contributed by atoms with E-state index in [1.54, 1.807) is 0 Å². The van der Waals surface area contributed by atoms with E-state index in [1.807, 2.05) is 0 Å². The van der Waals surface area contributed by atoms with Crippen LogP contribution in [-0.2, 0) is 54.6 Å². The van der Waals surface area contributed by atoms with Crippen LogP contribution in [0.1, 0.15) is 218 Å². The van der Waals surface area contributed by atoms with Gasteiger partial charge in [-0.05, 0) is 122 Å². The van der Waals surface area contributed by atoms with E-state index in [4.69, 9.17) is 18.9 Å². The van der Waals surface area contributed by atoms with E-state index in [2.05, 4.69) is 90.1 Å². The van der Waals surface area contributed by atoms with E-state index >= 15 is 0 Å². The van der Waals surface area contributed by atoms with Crippen LogP contribution in [0.25, 0.3) is 0 Å². The van der Waals surface area contributed by atoms with Gasteiger partial charge >= 0.3 is 11.9 Å². The fourth-order valence-corrected chi connectivity index (χ4v) is 10.9. The molecule has 0 radical (unpaired) electrons. The maximum absolute atomic E-state index is 13.7. The van der Waals surface area contributed by atoms with E-state index in [0.29, 0.717) is 10.8 Å². The van der Waals surface area contributed by atoms with Crippen LogP contribution in [-0.4, -0.2) is 37.4 Å². The standard InChI is InChI=1S/C56H90O6/c1-7-11-41-59-53(57)51(61-43-49-31-27-47(28-32-49)25-15-21-39-55(45(5)23-9-3)35-17-13-18-36-55)52(54(58)60-42-12-8-2)62-44-50-33-29-48(30-34-50)26-16-22-40-56(46(6)24-10-4)37-19-14-20-38-56/h27-34,45-46,51-52H,7-26,35-44H2,1-6H3/t45?,46?,51-,52-/m1/s1. The molecule has 2 aliphatic carbocycles. The number of hydrogen-bond donors (Lipinski definition) is 0. The van der Waals surface area contributed by atoms with Gasteiger partial charge in [0.15, 0.2) is 12.2 Å². The average Bonchev–Trinajstić information content (AvgIpc) is 3.29. The van der Waals surface area contributed by atoms with Crippen LogP contribution in [0.5, 0.6) is 0 Å². The lowest BCUT2D eigenvalue weighted by molar-refractivity contribution is -0.186. The molecule has 0 spiro atoms. The Labute approximate surface area is 379 Å². The molecule has 2 fully saturated rings. The molecule has 0 amide bonds. The third kappa shape index (κ3) is 17.0. The van der Waals surface area contributed by atoms with Crippen LogP contribution in [0.3, 0.4) is 0 Å². The maximum Gasteiger partial charge on any atom is 0.338 e. The Bertz CT molecular complexity index is 1370. The van der Waals surface area contributed by atoms with Crippen molar-refractivity contribution in [2.45, 2.75) is 234 Å². The summed E-state index contributed by atoms with van der Waals surface area (Å²) in [7, 11) is 0. The Hall–Kier alpha value is -2.70. The molecule has 2 aromatic carbocycles. The molecule has 0 aromatic heterocycles. The van der Waals surface area contributed by atoms with E-state index < -0.39 is 24.1 Å². The molecule has 0 heterocycles. The minimum absolute atomic E-state index is 0.154. The molecule has 350 valence electrons. The fraction of sp³-hybridized carbons (Fsp3) is 0.750. The number of carbonyl (C=O) groups is 2. The summed E-state index contributed by atoms with van der Waals surface area (Å²) in [5.41, 5.74) is 5.60.